The maximum atomic E-state index is 9.86. The molecule has 0 unspecified atom stereocenters. The Balaban J connectivity index is 0.00000264. The molecule has 0 amide bonds. The second kappa shape index (κ2) is 9.55. The first-order valence-corrected chi connectivity index (χ1v) is 7.16. The Kier molecular flexibility index (Phi) is 7.73. The van der Waals surface area contributed by atoms with Crippen molar-refractivity contribution in [3.05, 3.63) is 48.5 Å². The maximum Gasteiger partial charge on any atom is 0.160 e. The molecular weight excluding hydrogens is 300 g/mol. The lowest BCUT2D eigenvalue weighted by atomic mass is 10.2. The third-order valence-electron chi connectivity index (χ3n) is 3.15. The molecule has 0 saturated carbocycles. The van der Waals surface area contributed by atoms with Crippen LogP contribution in [0.1, 0.15) is 12.8 Å². The predicted molar refractivity (Wildman–Crippen MR) is 86.1 cm³/mol. The predicted octanol–water partition coefficient (Wildman–Crippen LogP) is 1.87. The van der Waals surface area contributed by atoms with Crippen molar-refractivity contribution in [3.63, 3.8) is 0 Å². The third kappa shape index (κ3) is 6.06. The minimum absolute atomic E-state index is 0. The van der Waals surface area contributed by atoms with E-state index in [1.165, 1.54) is 0 Å². The van der Waals surface area contributed by atoms with Gasteiger partial charge in [-0.2, -0.15) is 0 Å². The molecule has 0 fully saturated rings. The summed E-state index contributed by atoms with van der Waals surface area (Å²) in [5.74, 6) is 0.972. The monoisotopic (exact) mass is 322 g/mol. The van der Waals surface area contributed by atoms with Gasteiger partial charge in [0.25, 0.3) is 0 Å². The molecule has 0 spiro atoms. The van der Waals surface area contributed by atoms with Crippen LogP contribution in [0.3, 0.4) is 0 Å². The van der Waals surface area contributed by atoms with Crippen LogP contribution in [0.5, 0.6) is 23.0 Å². The molecule has 6 heteroatoms. The molecule has 2 rings (SSSR count). The van der Waals surface area contributed by atoms with E-state index >= 15 is 0 Å². The summed E-state index contributed by atoms with van der Waals surface area (Å²) in [4.78, 5) is 0. The molecule has 0 aliphatic carbocycles. The van der Waals surface area contributed by atoms with E-state index < -0.39 is 6.10 Å². The van der Waals surface area contributed by atoms with Gasteiger partial charge in [0.1, 0.15) is 0 Å². The first-order valence-electron chi connectivity index (χ1n) is 7.16. The fourth-order valence-electron chi connectivity index (χ4n) is 1.91. The number of phenols is 2. The zero-order chi connectivity index (χ0) is 15.8. The molecular formula is C17H22O6. The number of aromatic hydroxyl groups is 2. The van der Waals surface area contributed by atoms with E-state index in [0.29, 0.717) is 37.6 Å². The lowest BCUT2D eigenvalue weighted by Crippen LogP contribution is -2.15. The summed E-state index contributed by atoms with van der Waals surface area (Å²) >= 11 is 0. The Labute approximate surface area is 134 Å². The molecule has 0 atom stereocenters. The number of phenolic OH excluding ortho intramolecular Hbond substituents is 2. The topological polar surface area (TPSA) is 111 Å². The minimum Gasteiger partial charge on any atom is -0.504 e. The number of rotatable bonds is 8. The van der Waals surface area contributed by atoms with Crippen molar-refractivity contribution in [3.8, 4) is 23.0 Å². The van der Waals surface area contributed by atoms with E-state index in [1.807, 2.05) is 0 Å². The zero-order valence-corrected chi connectivity index (χ0v) is 12.7. The maximum absolute atomic E-state index is 9.86. The molecule has 23 heavy (non-hydrogen) atoms. The van der Waals surface area contributed by atoms with Crippen LogP contribution in [0.4, 0.5) is 0 Å². The van der Waals surface area contributed by atoms with Gasteiger partial charge < -0.3 is 30.3 Å². The van der Waals surface area contributed by atoms with Crippen LogP contribution in [0.25, 0.3) is 0 Å². The second-order valence-corrected chi connectivity index (χ2v) is 4.86. The van der Waals surface area contributed by atoms with Crippen LogP contribution < -0.4 is 9.47 Å². The van der Waals surface area contributed by atoms with Crippen molar-refractivity contribution in [2.24, 2.45) is 0 Å². The van der Waals surface area contributed by atoms with Crippen molar-refractivity contribution < 1.29 is 30.3 Å². The van der Waals surface area contributed by atoms with Gasteiger partial charge in [0.2, 0.25) is 0 Å². The van der Waals surface area contributed by atoms with Gasteiger partial charge in [-0.3, -0.25) is 0 Å². The molecule has 0 bridgehead atoms. The summed E-state index contributed by atoms with van der Waals surface area (Å²) in [6, 6.07) is 13.4. The molecule has 5 N–H and O–H groups in total. The van der Waals surface area contributed by atoms with Crippen molar-refractivity contribution in [2.45, 2.75) is 18.9 Å². The van der Waals surface area contributed by atoms with E-state index in [9.17, 15) is 15.3 Å². The molecule has 0 aromatic heterocycles. The number of ether oxygens (including phenoxy) is 2. The summed E-state index contributed by atoms with van der Waals surface area (Å²) in [7, 11) is 0. The van der Waals surface area contributed by atoms with Gasteiger partial charge in [0.05, 0.1) is 19.3 Å². The Morgan fingerprint density at radius 3 is 1.52 bits per heavy atom. The zero-order valence-electron chi connectivity index (χ0n) is 12.7. The van der Waals surface area contributed by atoms with Crippen LogP contribution in [0.15, 0.2) is 48.5 Å². The highest BCUT2D eigenvalue weighted by Crippen LogP contribution is 2.25. The molecule has 0 radical (unpaired) electrons. The van der Waals surface area contributed by atoms with E-state index in [1.54, 1.807) is 48.5 Å². The molecule has 0 heterocycles. The van der Waals surface area contributed by atoms with E-state index in [0.717, 1.165) is 0 Å². The van der Waals surface area contributed by atoms with Gasteiger partial charge in [0.15, 0.2) is 23.0 Å². The number of hydrogen-bond donors (Lipinski definition) is 3. The number of benzene rings is 2. The number of para-hydroxylation sites is 4. The summed E-state index contributed by atoms with van der Waals surface area (Å²) in [6.45, 7) is 0.602. The summed E-state index contributed by atoms with van der Waals surface area (Å²) < 4.78 is 10.8. The Hall–Kier alpha value is -2.44. The summed E-state index contributed by atoms with van der Waals surface area (Å²) in [5, 5.41) is 28.9. The van der Waals surface area contributed by atoms with Gasteiger partial charge in [0, 0.05) is 12.8 Å². The van der Waals surface area contributed by atoms with Crippen molar-refractivity contribution in [2.75, 3.05) is 13.2 Å². The first kappa shape index (κ1) is 18.6. The Morgan fingerprint density at radius 1 is 0.739 bits per heavy atom. The first-order chi connectivity index (χ1) is 10.7. The van der Waals surface area contributed by atoms with Crippen molar-refractivity contribution >= 4 is 0 Å². The van der Waals surface area contributed by atoms with E-state index in [4.69, 9.17) is 9.47 Å². The van der Waals surface area contributed by atoms with Gasteiger partial charge >= 0.3 is 0 Å². The summed E-state index contributed by atoms with van der Waals surface area (Å²) in [5.41, 5.74) is 0. The SMILES string of the molecule is O.Oc1ccccc1OCCC(O)CCOc1ccccc1O. The lowest BCUT2D eigenvalue weighted by Gasteiger charge is -2.13. The van der Waals surface area contributed by atoms with Crippen LogP contribution in [0.2, 0.25) is 0 Å². The molecule has 2 aromatic rings. The van der Waals surface area contributed by atoms with E-state index in [2.05, 4.69) is 0 Å². The average molecular weight is 322 g/mol. The molecule has 0 aliphatic heterocycles. The smallest absolute Gasteiger partial charge is 0.160 e. The fourth-order valence-corrected chi connectivity index (χ4v) is 1.91. The van der Waals surface area contributed by atoms with Crippen LogP contribution in [-0.4, -0.2) is 40.1 Å². The molecule has 2 aromatic carbocycles. The van der Waals surface area contributed by atoms with Gasteiger partial charge in [-0.1, -0.05) is 24.3 Å². The number of aliphatic hydroxyl groups is 1. The third-order valence-corrected chi connectivity index (χ3v) is 3.15. The van der Waals surface area contributed by atoms with Crippen LogP contribution in [0, 0.1) is 0 Å². The van der Waals surface area contributed by atoms with Gasteiger partial charge in [-0.05, 0) is 24.3 Å². The molecule has 0 saturated heterocycles. The Morgan fingerprint density at radius 2 is 1.13 bits per heavy atom. The van der Waals surface area contributed by atoms with Gasteiger partial charge in [-0.25, -0.2) is 0 Å². The number of hydrogen-bond acceptors (Lipinski definition) is 5. The second-order valence-electron chi connectivity index (χ2n) is 4.86. The van der Waals surface area contributed by atoms with Crippen molar-refractivity contribution in [1.29, 1.82) is 0 Å². The van der Waals surface area contributed by atoms with Crippen molar-refractivity contribution in [1.82, 2.24) is 0 Å². The normalized spacial score (nSPS) is 10.2. The minimum atomic E-state index is -0.572. The highest BCUT2D eigenvalue weighted by atomic mass is 16.5. The van der Waals surface area contributed by atoms with E-state index in [-0.39, 0.29) is 17.0 Å². The standard InChI is InChI=1S/C17H20O5.H2O/c18-13(9-11-21-16-7-3-1-5-14(16)19)10-12-22-17-8-4-2-6-15(17)20;/h1-8,13,18-20H,9-12H2;1H2. The molecule has 6 nitrogen and oxygen atoms in total. The average Bonchev–Trinajstić information content (AvgIpc) is 2.51. The number of aliphatic hydroxyl groups excluding tert-OH is 1. The molecule has 0 aliphatic rings. The van der Waals surface area contributed by atoms with Crippen LogP contribution in [-0.2, 0) is 0 Å². The fraction of sp³-hybridized carbons (Fsp3) is 0.294. The van der Waals surface area contributed by atoms with Crippen LogP contribution >= 0.6 is 0 Å². The highest BCUT2D eigenvalue weighted by Gasteiger charge is 2.07. The van der Waals surface area contributed by atoms with Gasteiger partial charge in [-0.15, -0.1) is 0 Å². The largest absolute Gasteiger partial charge is 0.504 e. The highest BCUT2D eigenvalue weighted by molar-refractivity contribution is 5.38. The Bertz CT molecular complexity index is 535. The summed E-state index contributed by atoms with van der Waals surface area (Å²) in [6.07, 6.45) is 0.286. The quantitative estimate of drug-likeness (QED) is 0.687. The molecule has 126 valence electrons. The lowest BCUT2D eigenvalue weighted by molar-refractivity contribution is 0.111.